The van der Waals surface area contributed by atoms with Crippen LogP contribution in [0, 0.1) is 5.82 Å². The molecule has 0 unspecified atom stereocenters. The van der Waals surface area contributed by atoms with Crippen LogP contribution in [0.15, 0.2) is 53.7 Å². The molecule has 2 aliphatic heterocycles. The van der Waals surface area contributed by atoms with Crippen LogP contribution in [0.1, 0.15) is 23.7 Å². The van der Waals surface area contributed by atoms with E-state index in [1.54, 1.807) is 36.4 Å². The van der Waals surface area contributed by atoms with Gasteiger partial charge in [-0.15, -0.1) is 0 Å². The van der Waals surface area contributed by atoms with Gasteiger partial charge in [0, 0.05) is 17.1 Å². The number of aliphatic hydroxyl groups excluding tert-OH is 1. The van der Waals surface area contributed by atoms with E-state index in [4.69, 9.17) is 21.1 Å². The molecule has 0 radical (unpaired) electrons. The van der Waals surface area contributed by atoms with E-state index in [1.165, 1.54) is 12.1 Å². The monoisotopic (exact) mass is 513 g/mol. The molecule has 3 aromatic rings. The van der Waals surface area contributed by atoms with Crippen LogP contribution in [-0.4, -0.2) is 65.7 Å². The molecule has 8 nitrogen and oxygen atoms in total. The lowest BCUT2D eigenvalue weighted by molar-refractivity contribution is -0.116. The van der Waals surface area contributed by atoms with Crippen LogP contribution in [0.25, 0.3) is 10.8 Å². The summed E-state index contributed by atoms with van der Waals surface area (Å²) in [6, 6.07) is 12.4. The Bertz CT molecular complexity index is 1330. The van der Waals surface area contributed by atoms with E-state index in [-0.39, 0.29) is 36.0 Å². The van der Waals surface area contributed by atoms with Gasteiger partial charge in [-0.1, -0.05) is 35.0 Å². The maximum atomic E-state index is 14.6. The van der Waals surface area contributed by atoms with Gasteiger partial charge in [0.05, 0.1) is 6.04 Å². The molecular weight excluding hydrogens is 489 g/mol. The van der Waals surface area contributed by atoms with Crippen LogP contribution in [-0.2, 0) is 4.79 Å². The summed E-state index contributed by atoms with van der Waals surface area (Å²) in [6.07, 6.45) is -0.238. The van der Waals surface area contributed by atoms with E-state index >= 15 is 0 Å². The number of carbonyl (C=O) groups excluding carboxylic acids is 1. The van der Waals surface area contributed by atoms with Crippen LogP contribution >= 0.6 is 11.6 Å². The molecule has 3 N–H and O–H groups in total. The Hall–Kier alpha value is -3.40. The summed E-state index contributed by atoms with van der Waals surface area (Å²) in [7, 11) is 0. The van der Waals surface area contributed by atoms with Crippen LogP contribution in [0.5, 0.6) is 11.5 Å². The topological polar surface area (TPSA) is 104 Å². The summed E-state index contributed by atoms with van der Waals surface area (Å²) >= 11 is 6.05. The first-order valence-corrected chi connectivity index (χ1v) is 12.0. The van der Waals surface area contributed by atoms with Gasteiger partial charge in [0.2, 0.25) is 0 Å². The molecule has 0 bridgehead atoms. The predicted octanol–water partition coefficient (Wildman–Crippen LogP) is 3.51. The smallest absolute Gasteiger partial charge is 0.274 e. The number of carbonyl (C=O) groups is 1. The highest BCUT2D eigenvalue weighted by Gasteiger charge is 2.31. The second kappa shape index (κ2) is 10.3. The minimum Gasteiger partial charge on any atom is -0.486 e. The highest BCUT2D eigenvalue weighted by molar-refractivity contribution is 6.45. The van der Waals surface area contributed by atoms with Crippen molar-refractivity contribution in [3.8, 4) is 11.5 Å². The fourth-order valence-corrected chi connectivity index (χ4v) is 4.62. The van der Waals surface area contributed by atoms with Gasteiger partial charge in [-0.3, -0.25) is 4.79 Å². The molecule has 2 atom stereocenters. The minimum absolute atomic E-state index is 0.00724. The standard InChI is InChI=1S/C26H25ClFN3O5/c27-19-5-4-15-10-17(3-2-16(15)11-19)23(30-34)26(33)29-21(14-31-6-1-7-31)24(32)18-12-20(28)25-22(13-18)35-8-9-36-25/h2-5,10-13,21,24,32,34H,1,6-9,14H2,(H,29,33)/t21-,24-/m1/s1. The molecule has 5 rings (SSSR count). The average Bonchev–Trinajstić information content (AvgIpc) is 2.85. The number of fused-ring (bicyclic) bond motifs is 2. The van der Waals surface area contributed by atoms with Crippen LogP contribution in [0.4, 0.5) is 4.39 Å². The fourth-order valence-electron chi connectivity index (χ4n) is 4.44. The van der Waals surface area contributed by atoms with E-state index in [0.717, 1.165) is 30.3 Å². The number of nitrogens with zero attached hydrogens (tertiary/aromatic N) is 2. The summed E-state index contributed by atoms with van der Waals surface area (Å²) in [5, 5.41) is 29.2. The zero-order valence-electron chi connectivity index (χ0n) is 19.3. The Morgan fingerprint density at radius 1 is 1.11 bits per heavy atom. The molecule has 0 aromatic heterocycles. The maximum absolute atomic E-state index is 14.6. The third-order valence-corrected chi connectivity index (χ3v) is 6.69. The summed E-state index contributed by atoms with van der Waals surface area (Å²) in [4.78, 5) is 15.3. The van der Waals surface area contributed by atoms with Crippen LogP contribution < -0.4 is 14.8 Å². The van der Waals surface area contributed by atoms with Gasteiger partial charge in [0.25, 0.3) is 5.91 Å². The molecule has 0 saturated carbocycles. The molecular formula is C26H25ClFN3O5. The second-order valence-corrected chi connectivity index (χ2v) is 9.30. The van der Waals surface area contributed by atoms with Gasteiger partial charge in [-0.2, -0.15) is 0 Å². The van der Waals surface area contributed by atoms with Crippen molar-refractivity contribution in [3.63, 3.8) is 0 Å². The Morgan fingerprint density at radius 3 is 2.61 bits per heavy atom. The number of halogens is 2. The summed E-state index contributed by atoms with van der Waals surface area (Å²) < 4.78 is 25.5. The largest absolute Gasteiger partial charge is 0.486 e. The normalized spacial score (nSPS) is 17.4. The van der Waals surface area contributed by atoms with E-state index in [0.29, 0.717) is 17.1 Å². The number of rotatable bonds is 7. The fraction of sp³-hybridized carbons (Fsp3) is 0.308. The zero-order valence-corrected chi connectivity index (χ0v) is 20.0. The van der Waals surface area contributed by atoms with Gasteiger partial charge in [0.1, 0.15) is 19.3 Å². The van der Waals surface area contributed by atoms with E-state index in [1.807, 2.05) is 0 Å². The first kappa shape index (κ1) is 24.3. The van der Waals surface area contributed by atoms with Crippen molar-refractivity contribution < 1.29 is 29.0 Å². The number of ether oxygens (including phenoxy) is 2. The first-order valence-electron chi connectivity index (χ1n) is 11.6. The molecule has 0 spiro atoms. The lowest BCUT2D eigenvalue weighted by atomic mass is 9.98. The van der Waals surface area contributed by atoms with Gasteiger partial charge >= 0.3 is 0 Å². The Labute approximate surface area is 211 Å². The van der Waals surface area contributed by atoms with Gasteiger partial charge in [-0.05, 0) is 66.2 Å². The molecule has 2 aliphatic rings. The van der Waals surface area contributed by atoms with Gasteiger partial charge in [-0.25, -0.2) is 4.39 Å². The Kier molecular flexibility index (Phi) is 6.95. The van der Waals surface area contributed by atoms with Crippen molar-refractivity contribution in [2.24, 2.45) is 5.16 Å². The molecule has 10 heteroatoms. The second-order valence-electron chi connectivity index (χ2n) is 8.86. The highest BCUT2D eigenvalue weighted by atomic mass is 35.5. The molecule has 0 aliphatic carbocycles. The third-order valence-electron chi connectivity index (χ3n) is 6.45. The molecule has 36 heavy (non-hydrogen) atoms. The third kappa shape index (κ3) is 4.95. The average molecular weight is 514 g/mol. The first-order chi connectivity index (χ1) is 17.4. The lowest BCUT2D eigenvalue weighted by Crippen LogP contribution is -2.52. The van der Waals surface area contributed by atoms with Crippen molar-refractivity contribution in [3.05, 3.63) is 70.5 Å². The van der Waals surface area contributed by atoms with E-state index < -0.39 is 23.9 Å². The number of nitrogens with one attached hydrogen (secondary N) is 1. The predicted molar refractivity (Wildman–Crippen MR) is 133 cm³/mol. The lowest BCUT2D eigenvalue weighted by Gasteiger charge is -2.36. The number of hydrogen-bond acceptors (Lipinski definition) is 7. The van der Waals surface area contributed by atoms with Gasteiger partial charge in [0.15, 0.2) is 23.0 Å². The van der Waals surface area contributed by atoms with Gasteiger partial charge < -0.3 is 30.0 Å². The Morgan fingerprint density at radius 2 is 1.86 bits per heavy atom. The molecule has 3 aromatic carbocycles. The summed E-state index contributed by atoms with van der Waals surface area (Å²) in [6.45, 7) is 2.49. The van der Waals surface area contributed by atoms with Crippen molar-refractivity contribution >= 4 is 34.0 Å². The number of aliphatic hydroxyl groups is 1. The highest BCUT2D eigenvalue weighted by Crippen LogP contribution is 2.36. The molecule has 188 valence electrons. The SMILES string of the molecule is O=C(N[C@H](CN1CCC1)[C@H](O)c1cc(F)c2c(c1)OCCO2)C(=NO)c1ccc2cc(Cl)ccc2c1. The Balaban J connectivity index is 1.40. The quantitative estimate of drug-likeness (QED) is 0.254. The number of amides is 1. The number of benzene rings is 3. The maximum Gasteiger partial charge on any atom is 0.274 e. The molecule has 2 heterocycles. The molecule has 1 fully saturated rings. The van der Waals surface area contributed by atoms with Crippen molar-refractivity contribution in [1.29, 1.82) is 0 Å². The number of hydrogen-bond donors (Lipinski definition) is 3. The number of oxime groups is 1. The van der Waals surface area contributed by atoms with Crippen molar-refractivity contribution in [1.82, 2.24) is 10.2 Å². The minimum atomic E-state index is -1.25. The van der Waals surface area contributed by atoms with Crippen LogP contribution in [0.2, 0.25) is 5.02 Å². The zero-order chi connectivity index (χ0) is 25.2. The van der Waals surface area contributed by atoms with Crippen LogP contribution in [0.3, 0.4) is 0 Å². The van der Waals surface area contributed by atoms with Crippen molar-refractivity contribution in [2.75, 3.05) is 32.8 Å². The summed E-state index contributed by atoms with van der Waals surface area (Å²) in [5.41, 5.74) is 0.432. The molecule has 1 saturated heterocycles. The number of likely N-dealkylation sites (tertiary alicyclic amines) is 1. The molecule has 1 amide bonds. The van der Waals surface area contributed by atoms with Crippen molar-refractivity contribution in [2.45, 2.75) is 18.6 Å². The van der Waals surface area contributed by atoms with E-state index in [9.17, 15) is 19.5 Å². The summed E-state index contributed by atoms with van der Waals surface area (Å²) in [5.74, 6) is -1.11. The van der Waals surface area contributed by atoms with E-state index in [2.05, 4.69) is 15.4 Å².